The Hall–Kier alpha value is -1.76. The van der Waals surface area contributed by atoms with Gasteiger partial charge in [-0.25, -0.2) is 9.59 Å². The Labute approximate surface area is 141 Å². The summed E-state index contributed by atoms with van der Waals surface area (Å²) in [5.41, 5.74) is 0.172. The number of carboxylic acid groups (broad SMARTS) is 1. The second-order valence-electron chi connectivity index (χ2n) is 6.63. The number of ether oxygens (including phenoxy) is 1. The highest BCUT2D eigenvalue weighted by Gasteiger charge is 2.38. The standard InChI is InChI=1S/C16H24N2O4S/c1-15(2,3)22-14(21)18-12(13(19)20)16(4,5)23-10-11-8-6-7-9-17-11/h6-9,12H,10H2,1-5H3,(H,18,21)(H,19,20)/t12-/m1/s1. The van der Waals surface area contributed by atoms with E-state index in [0.29, 0.717) is 5.75 Å². The molecule has 1 rings (SSSR count). The van der Waals surface area contributed by atoms with Crippen LogP contribution in [-0.4, -0.2) is 38.5 Å². The Kier molecular flexibility index (Phi) is 6.44. The van der Waals surface area contributed by atoms with Crippen LogP contribution in [0.25, 0.3) is 0 Å². The zero-order valence-corrected chi connectivity index (χ0v) is 14.9. The highest BCUT2D eigenvalue weighted by Crippen LogP contribution is 2.31. The molecule has 0 aliphatic heterocycles. The van der Waals surface area contributed by atoms with Gasteiger partial charge in [0.05, 0.1) is 5.69 Å². The van der Waals surface area contributed by atoms with E-state index in [2.05, 4.69) is 10.3 Å². The van der Waals surface area contributed by atoms with Crippen LogP contribution in [0.5, 0.6) is 0 Å². The highest BCUT2D eigenvalue weighted by atomic mass is 32.2. The lowest BCUT2D eigenvalue weighted by Gasteiger charge is -2.32. The zero-order chi connectivity index (χ0) is 17.7. The van der Waals surface area contributed by atoms with Crippen molar-refractivity contribution < 1.29 is 19.4 Å². The van der Waals surface area contributed by atoms with Crippen molar-refractivity contribution in [3.63, 3.8) is 0 Å². The van der Waals surface area contributed by atoms with Crippen LogP contribution in [-0.2, 0) is 15.3 Å². The fourth-order valence-electron chi connectivity index (χ4n) is 1.79. The van der Waals surface area contributed by atoms with E-state index in [1.807, 2.05) is 18.2 Å². The molecular weight excluding hydrogens is 316 g/mol. The molecule has 0 aliphatic carbocycles. The Bertz CT molecular complexity index is 541. The molecule has 0 bridgehead atoms. The Balaban J connectivity index is 2.74. The van der Waals surface area contributed by atoms with Gasteiger partial charge in [-0.3, -0.25) is 4.98 Å². The molecule has 7 heteroatoms. The number of thioether (sulfide) groups is 1. The van der Waals surface area contributed by atoms with Gasteiger partial charge in [0, 0.05) is 16.7 Å². The molecular formula is C16H24N2O4S. The number of aromatic nitrogens is 1. The van der Waals surface area contributed by atoms with Crippen LogP contribution in [0.15, 0.2) is 24.4 Å². The van der Waals surface area contributed by atoms with Crippen LogP contribution < -0.4 is 5.32 Å². The number of hydrogen-bond donors (Lipinski definition) is 2. The van der Waals surface area contributed by atoms with Crippen LogP contribution in [0.2, 0.25) is 0 Å². The number of carboxylic acids is 1. The van der Waals surface area contributed by atoms with Gasteiger partial charge in [0.25, 0.3) is 0 Å². The van der Waals surface area contributed by atoms with E-state index in [1.165, 1.54) is 11.8 Å². The molecule has 1 atom stereocenters. The van der Waals surface area contributed by atoms with Gasteiger partial charge in [-0.05, 0) is 46.8 Å². The molecule has 6 nitrogen and oxygen atoms in total. The van der Waals surface area contributed by atoms with Crippen LogP contribution in [0.4, 0.5) is 4.79 Å². The molecule has 1 aromatic rings. The van der Waals surface area contributed by atoms with Gasteiger partial charge in [0.1, 0.15) is 11.6 Å². The van der Waals surface area contributed by atoms with Gasteiger partial charge in [-0.15, -0.1) is 11.8 Å². The van der Waals surface area contributed by atoms with Gasteiger partial charge in [-0.2, -0.15) is 0 Å². The Morgan fingerprint density at radius 3 is 2.43 bits per heavy atom. The van der Waals surface area contributed by atoms with E-state index < -0.39 is 28.5 Å². The fourth-order valence-corrected chi connectivity index (χ4v) is 2.80. The first kappa shape index (κ1) is 19.3. The second kappa shape index (κ2) is 7.68. The van der Waals surface area contributed by atoms with Crippen molar-refractivity contribution in [3.8, 4) is 0 Å². The predicted octanol–water partition coefficient (Wildman–Crippen LogP) is 3.07. The molecule has 2 N–H and O–H groups in total. The molecule has 0 aromatic carbocycles. The molecule has 0 aliphatic rings. The number of amides is 1. The molecule has 0 spiro atoms. The van der Waals surface area contributed by atoms with Crippen LogP contribution >= 0.6 is 11.8 Å². The number of nitrogens with one attached hydrogen (secondary N) is 1. The first-order valence-electron chi connectivity index (χ1n) is 7.27. The third-order valence-electron chi connectivity index (χ3n) is 2.92. The molecule has 128 valence electrons. The van der Waals surface area contributed by atoms with E-state index >= 15 is 0 Å². The summed E-state index contributed by atoms with van der Waals surface area (Å²) in [7, 11) is 0. The number of carbonyl (C=O) groups excluding carboxylic acids is 1. The Morgan fingerprint density at radius 1 is 1.30 bits per heavy atom. The van der Waals surface area contributed by atoms with E-state index in [-0.39, 0.29) is 0 Å². The summed E-state index contributed by atoms with van der Waals surface area (Å²) in [6.45, 7) is 8.73. The van der Waals surface area contributed by atoms with Crippen LogP contribution in [0.1, 0.15) is 40.3 Å². The summed E-state index contributed by atoms with van der Waals surface area (Å²) < 4.78 is 4.41. The molecule has 0 saturated heterocycles. The lowest BCUT2D eigenvalue weighted by molar-refractivity contribution is -0.140. The van der Waals surface area contributed by atoms with Gasteiger partial charge in [-0.1, -0.05) is 6.07 Å². The molecule has 0 unspecified atom stereocenters. The minimum Gasteiger partial charge on any atom is -0.480 e. The number of hydrogen-bond acceptors (Lipinski definition) is 5. The van der Waals surface area contributed by atoms with Gasteiger partial charge < -0.3 is 15.2 Å². The molecule has 0 fully saturated rings. The summed E-state index contributed by atoms with van der Waals surface area (Å²) >= 11 is 1.41. The number of nitrogens with zero attached hydrogens (tertiary/aromatic N) is 1. The van der Waals surface area contributed by atoms with Crippen molar-refractivity contribution in [2.75, 3.05) is 0 Å². The largest absolute Gasteiger partial charge is 0.480 e. The topological polar surface area (TPSA) is 88.5 Å². The number of alkyl carbamates (subject to hydrolysis) is 1. The van der Waals surface area contributed by atoms with Crippen molar-refractivity contribution in [3.05, 3.63) is 30.1 Å². The van der Waals surface area contributed by atoms with Crippen molar-refractivity contribution >= 4 is 23.8 Å². The van der Waals surface area contributed by atoms with Crippen LogP contribution in [0.3, 0.4) is 0 Å². The second-order valence-corrected chi connectivity index (χ2v) is 8.26. The summed E-state index contributed by atoms with van der Waals surface area (Å²) in [6.07, 6.45) is 0.952. The maximum absolute atomic E-state index is 11.9. The minimum atomic E-state index is -1.10. The summed E-state index contributed by atoms with van der Waals surface area (Å²) in [5, 5.41) is 11.9. The number of pyridine rings is 1. The average Bonchev–Trinajstić information content (AvgIpc) is 2.41. The van der Waals surface area contributed by atoms with E-state index in [9.17, 15) is 14.7 Å². The maximum Gasteiger partial charge on any atom is 0.408 e. The average molecular weight is 340 g/mol. The maximum atomic E-state index is 11.9. The predicted molar refractivity (Wildman–Crippen MR) is 90.4 cm³/mol. The smallest absolute Gasteiger partial charge is 0.408 e. The number of rotatable bonds is 6. The quantitative estimate of drug-likeness (QED) is 0.827. The summed E-state index contributed by atoms with van der Waals surface area (Å²) in [4.78, 5) is 27.7. The van der Waals surface area contributed by atoms with Gasteiger partial charge >= 0.3 is 12.1 Å². The monoisotopic (exact) mass is 340 g/mol. The van der Waals surface area contributed by atoms with Crippen molar-refractivity contribution in [1.82, 2.24) is 10.3 Å². The third kappa shape index (κ3) is 6.90. The fraction of sp³-hybridized carbons (Fsp3) is 0.562. The first-order valence-corrected chi connectivity index (χ1v) is 8.26. The summed E-state index contributed by atoms with van der Waals surface area (Å²) in [5.74, 6) is -0.553. The summed E-state index contributed by atoms with van der Waals surface area (Å²) in [6, 6.07) is 4.50. The van der Waals surface area contributed by atoms with Crippen molar-refractivity contribution in [1.29, 1.82) is 0 Å². The minimum absolute atomic E-state index is 0.549. The molecule has 1 amide bonds. The molecule has 1 heterocycles. The van der Waals surface area contributed by atoms with E-state index in [4.69, 9.17) is 4.74 Å². The molecule has 0 radical (unpaired) electrons. The van der Waals surface area contributed by atoms with E-state index in [1.54, 1.807) is 40.8 Å². The van der Waals surface area contributed by atoms with Gasteiger partial charge in [0.15, 0.2) is 0 Å². The SMILES string of the molecule is CC(C)(C)OC(=O)N[C@H](C(=O)O)C(C)(C)SCc1ccccn1. The van der Waals surface area contributed by atoms with Crippen molar-refractivity contribution in [2.24, 2.45) is 0 Å². The Morgan fingerprint density at radius 2 is 1.96 bits per heavy atom. The van der Waals surface area contributed by atoms with Crippen LogP contribution in [0, 0.1) is 0 Å². The first-order chi connectivity index (χ1) is 10.5. The third-order valence-corrected chi connectivity index (χ3v) is 4.34. The van der Waals surface area contributed by atoms with Crippen molar-refractivity contribution in [2.45, 2.75) is 56.8 Å². The van der Waals surface area contributed by atoms with Gasteiger partial charge in [0.2, 0.25) is 0 Å². The molecule has 23 heavy (non-hydrogen) atoms. The molecule has 1 aromatic heterocycles. The normalized spacial score (nSPS) is 13.3. The lowest BCUT2D eigenvalue weighted by Crippen LogP contribution is -2.53. The number of aliphatic carboxylic acids is 1. The lowest BCUT2D eigenvalue weighted by atomic mass is 10.0. The zero-order valence-electron chi connectivity index (χ0n) is 14.1. The number of carbonyl (C=O) groups is 2. The highest BCUT2D eigenvalue weighted by molar-refractivity contribution is 7.99. The van der Waals surface area contributed by atoms with E-state index in [0.717, 1.165) is 5.69 Å². The molecule has 0 saturated carbocycles.